The molecule has 7 nitrogen and oxygen atoms in total. The molecule has 0 fully saturated rings. The lowest BCUT2D eigenvalue weighted by Crippen LogP contribution is -2.50. The largest absolute Gasteiger partial charge is 0.508 e. The summed E-state index contributed by atoms with van der Waals surface area (Å²) in [5.74, 6) is -1.06. The highest BCUT2D eigenvalue weighted by Gasteiger charge is 2.23. The molecule has 4 N–H and O–H groups in total. The number of carbonyl (C=O) groups is 2. The van der Waals surface area contributed by atoms with Gasteiger partial charge in [-0.15, -0.1) is 0 Å². The lowest BCUT2D eigenvalue weighted by molar-refractivity contribution is -0.139. The van der Waals surface area contributed by atoms with Crippen molar-refractivity contribution < 1.29 is 24.9 Å². The minimum Gasteiger partial charge on any atom is -0.508 e. The second-order valence-electron chi connectivity index (χ2n) is 4.85. The van der Waals surface area contributed by atoms with E-state index in [1.807, 2.05) is 0 Å². The number of aliphatic carboxylic acids is 1. The number of nitrogens with zero attached hydrogens (tertiary/aromatic N) is 1. The van der Waals surface area contributed by atoms with Crippen molar-refractivity contribution in [2.75, 3.05) is 13.7 Å². The molecule has 0 aliphatic rings. The van der Waals surface area contributed by atoms with Gasteiger partial charge in [-0.1, -0.05) is 12.1 Å². The number of benzene rings is 1. The van der Waals surface area contributed by atoms with Crippen molar-refractivity contribution in [2.24, 2.45) is 0 Å². The average Bonchev–Trinajstić information content (AvgIpc) is 2.46. The van der Waals surface area contributed by atoms with Gasteiger partial charge in [-0.3, -0.25) is 0 Å². The predicted molar refractivity (Wildman–Crippen MR) is 76.1 cm³/mol. The summed E-state index contributed by atoms with van der Waals surface area (Å²) in [5, 5.41) is 29.8. The third kappa shape index (κ3) is 4.96. The number of aliphatic hydroxyl groups excluding tert-OH is 1. The van der Waals surface area contributed by atoms with Crippen LogP contribution in [0.1, 0.15) is 12.5 Å². The number of phenolic OH excluding ortho intramolecular Hbond substituents is 1. The smallest absolute Gasteiger partial charge is 0.326 e. The van der Waals surface area contributed by atoms with E-state index in [-0.39, 0.29) is 18.8 Å². The van der Waals surface area contributed by atoms with Crippen molar-refractivity contribution in [3.63, 3.8) is 0 Å². The lowest BCUT2D eigenvalue weighted by atomic mass is 10.1. The third-order valence-corrected chi connectivity index (χ3v) is 3.22. The Hall–Kier alpha value is -2.28. The fourth-order valence-electron chi connectivity index (χ4n) is 1.64. The van der Waals surface area contributed by atoms with E-state index in [2.05, 4.69) is 5.32 Å². The number of likely N-dealkylation sites (N-methyl/N-ethyl adjacent to an activating group) is 1. The molecule has 116 valence electrons. The molecule has 1 aromatic rings. The number of amides is 2. The zero-order valence-electron chi connectivity index (χ0n) is 12.0. The molecule has 1 rings (SSSR count). The Kier molecular flexibility index (Phi) is 5.98. The van der Waals surface area contributed by atoms with Crippen LogP contribution >= 0.6 is 0 Å². The number of hydrogen-bond donors (Lipinski definition) is 4. The molecule has 21 heavy (non-hydrogen) atoms. The SMILES string of the molecule is CC(CO)N(C)C(=O)N[C@H](Cc1ccc(O)cc1)C(=O)O. The summed E-state index contributed by atoms with van der Waals surface area (Å²) in [5.41, 5.74) is 0.679. The van der Waals surface area contributed by atoms with Gasteiger partial charge in [-0.25, -0.2) is 9.59 Å². The minimum absolute atomic E-state index is 0.0890. The highest BCUT2D eigenvalue weighted by molar-refractivity contribution is 5.82. The fourth-order valence-corrected chi connectivity index (χ4v) is 1.64. The summed E-state index contributed by atoms with van der Waals surface area (Å²) < 4.78 is 0. The molecule has 0 bridgehead atoms. The number of carboxylic acid groups (broad SMARTS) is 1. The molecule has 0 aromatic heterocycles. The number of urea groups is 1. The van der Waals surface area contributed by atoms with E-state index in [0.29, 0.717) is 5.56 Å². The van der Waals surface area contributed by atoms with Crippen LogP contribution in [0.3, 0.4) is 0 Å². The Morgan fingerprint density at radius 2 is 1.86 bits per heavy atom. The van der Waals surface area contributed by atoms with E-state index < -0.39 is 24.1 Å². The van der Waals surface area contributed by atoms with Gasteiger partial charge in [0, 0.05) is 13.5 Å². The van der Waals surface area contributed by atoms with Crippen molar-refractivity contribution in [1.82, 2.24) is 10.2 Å². The van der Waals surface area contributed by atoms with Gasteiger partial charge in [0.15, 0.2) is 0 Å². The van der Waals surface area contributed by atoms with Crippen molar-refractivity contribution in [2.45, 2.75) is 25.4 Å². The molecule has 0 aliphatic heterocycles. The predicted octanol–water partition coefficient (Wildman–Crippen LogP) is 0.410. The highest BCUT2D eigenvalue weighted by atomic mass is 16.4. The van der Waals surface area contributed by atoms with Crippen LogP contribution in [0.15, 0.2) is 24.3 Å². The highest BCUT2D eigenvalue weighted by Crippen LogP contribution is 2.11. The molecule has 2 atom stereocenters. The standard InChI is InChI=1S/C14H20N2O5/c1-9(8-17)16(2)14(21)15-12(13(19)20)7-10-3-5-11(18)6-4-10/h3-6,9,12,17-18H,7-8H2,1-2H3,(H,15,21)(H,19,20)/t9?,12-/m1/s1. The minimum atomic E-state index is -1.15. The third-order valence-electron chi connectivity index (χ3n) is 3.22. The summed E-state index contributed by atoms with van der Waals surface area (Å²) in [6, 6.07) is 4.03. The van der Waals surface area contributed by atoms with E-state index in [0.717, 1.165) is 0 Å². The Bertz CT molecular complexity index is 489. The molecule has 0 aliphatic carbocycles. The average molecular weight is 296 g/mol. The van der Waals surface area contributed by atoms with Crippen LogP contribution in [-0.2, 0) is 11.2 Å². The first kappa shape index (κ1) is 16.8. The van der Waals surface area contributed by atoms with Crippen molar-refractivity contribution in [3.8, 4) is 5.75 Å². The van der Waals surface area contributed by atoms with E-state index >= 15 is 0 Å². The van der Waals surface area contributed by atoms with Gasteiger partial charge < -0.3 is 25.5 Å². The molecular weight excluding hydrogens is 276 g/mol. The summed E-state index contributed by atoms with van der Waals surface area (Å²) in [6.45, 7) is 1.44. The first-order valence-electron chi connectivity index (χ1n) is 6.50. The summed E-state index contributed by atoms with van der Waals surface area (Å²) in [6.07, 6.45) is 0.0999. The van der Waals surface area contributed by atoms with Gasteiger partial charge in [0.05, 0.1) is 12.6 Å². The second-order valence-corrected chi connectivity index (χ2v) is 4.85. The zero-order valence-corrected chi connectivity index (χ0v) is 12.0. The van der Waals surface area contributed by atoms with Crippen molar-refractivity contribution in [1.29, 1.82) is 0 Å². The van der Waals surface area contributed by atoms with E-state index in [1.54, 1.807) is 19.1 Å². The quantitative estimate of drug-likeness (QED) is 0.608. The van der Waals surface area contributed by atoms with Crippen LogP contribution in [0.4, 0.5) is 4.79 Å². The fraction of sp³-hybridized carbons (Fsp3) is 0.429. The molecule has 0 heterocycles. The number of aromatic hydroxyl groups is 1. The molecule has 2 amide bonds. The monoisotopic (exact) mass is 296 g/mol. The molecule has 0 saturated carbocycles. The topological polar surface area (TPSA) is 110 Å². The lowest BCUT2D eigenvalue weighted by Gasteiger charge is -2.25. The maximum Gasteiger partial charge on any atom is 0.326 e. The van der Waals surface area contributed by atoms with Crippen LogP contribution < -0.4 is 5.32 Å². The Labute approximate surface area is 122 Å². The number of rotatable bonds is 6. The summed E-state index contributed by atoms with van der Waals surface area (Å²) in [7, 11) is 1.48. The Morgan fingerprint density at radius 3 is 2.33 bits per heavy atom. The van der Waals surface area contributed by atoms with E-state index in [1.165, 1.54) is 24.1 Å². The summed E-state index contributed by atoms with van der Waals surface area (Å²) in [4.78, 5) is 24.4. The van der Waals surface area contributed by atoms with Gasteiger partial charge in [0.1, 0.15) is 11.8 Å². The normalized spacial score (nSPS) is 13.3. The number of aliphatic hydroxyl groups is 1. The van der Waals surface area contributed by atoms with Gasteiger partial charge in [0.25, 0.3) is 0 Å². The maximum absolute atomic E-state index is 11.9. The molecule has 0 radical (unpaired) electrons. The van der Waals surface area contributed by atoms with Gasteiger partial charge in [0.2, 0.25) is 0 Å². The van der Waals surface area contributed by atoms with Crippen LogP contribution in [0, 0.1) is 0 Å². The van der Waals surface area contributed by atoms with Crippen molar-refractivity contribution in [3.05, 3.63) is 29.8 Å². The number of nitrogens with one attached hydrogen (secondary N) is 1. The van der Waals surface area contributed by atoms with Crippen LogP contribution in [0.5, 0.6) is 5.75 Å². The molecule has 0 spiro atoms. The number of carbonyl (C=O) groups excluding carboxylic acids is 1. The van der Waals surface area contributed by atoms with Crippen LogP contribution in [-0.4, -0.2) is 58.0 Å². The van der Waals surface area contributed by atoms with Gasteiger partial charge in [-0.2, -0.15) is 0 Å². The molecule has 1 aromatic carbocycles. The van der Waals surface area contributed by atoms with E-state index in [4.69, 9.17) is 5.11 Å². The molecule has 7 heteroatoms. The number of phenols is 1. The first-order valence-corrected chi connectivity index (χ1v) is 6.50. The Balaban J connectivity index is 2.72. The first-order chi connectivity index (χ1) is 9.85. The Morgan fingerprint density at radius 1 is 1.29 bits per heavy atom. The van der Waals surface area contributed by atoms with Gasteiger partial charge in [-0.05, 0) is 24.6 Å². The van der Waals surface area contributed by atoms with Crippen LogP contribution in [0.25, 0.3) is 0 Å². The second kappa shape index (κ2) is 7.49. The zero-order chi connectivity index (χ0) is 16.0. The van der Waals surface area contributed by atoms with Crippen LogP contribution in [0.2, 0.25) is 0 Å². The van der Waals surface area contributed by atoms with Gasteiger partial charge >= 0.3 is 12.0 Å². The molecular formula is C14H20N2O5. The maximum atomic E-state index is 11.9. The van der Waals surface area contributed by atoms with Crippen molar-refractivity contribution >= 4 is 12.0 Å². The summed E-state index contributed by atoms with van der Waals surface area (Å²) >= 11 is 0. The van der Waals surface area contributed by atoms with E-state index in [9.17, 15) is 19.8 Å². The number of carboxylic acids is 1. The molecule has 1 unspecified atom stereocenters. The number of hydrogen-bond acceptors (Lipinski definition) is 4. The molecule has 0 saturated heterocycles.